The molecular formula is C23H24ClN3O4S. The molecule has 168 valence electrons. The predicted molar refractivity (Wildman–Crippen MR) is 122 cm³/mol. The molecule has 5 rings (SSSR count). The van der Waals surface area contributed by atoms with Gasteiger partial charge in [0.25, 0.3) is 0 Å². The van der Waals surface area contributed by atoms with Crippen LogP contribution in [-0.2, 0) is 16.1 Å². The number of fused-ring (bicyclic) bond motifs is 3. The van der Waals surface area contributed by atoms with Crippen LogP contribution in [0.25, 0.3) is 0 Å². The Bertz CT molecular complexity index is 1010. The number of hydrogen-bond acceptors (Lipinski definition) is 5. The fourth-order valence-electron chi connectivity index (χ4n) is 5.07. The third-order valence-corrected chi connectivity index (χ3v) is 8.47. The number of rotatable bonds is 5. The van der Waals surface area contributed by atoms with Gasteiger partial charge in [0, 0.05) is 16.0 Å². The second-order valence-corrected chi connectivity index (χ2v) is 10.3. The molecule has 1 aromatic carbocycles. The van der Waals surface area contributed by atoms with Crippen molar-refractivity contribution in [2.24, 2.45) is 5.92 Å². The maximum atomic E-state index is 13.5. The third-order valence-electron chi connectivity index (χ3n) is 6.51. The number of hydrogen-bond donors (Lipinski definition) is 1. The van der Waals surface area contributed by atoms with Gasteiger partial charge in [-0.25, -0.2) is 4.79 Å². The Kier molecular flexibility index (Phi) is 5.90. The zero-order valence-electron chi connectivity index (χ0n) is 17.4. The number of furan rings is 1. The van der Waals surface area contributed by atoms with Crippen LogP contribution < -0.4 is 5.32 Å². The second kappa shape index (κ2) is 8.83. The molecule has 4 unspecified atom stereocenters. The van der Waals surface area contributed by atoms with E-state index < -0.39 is 6.03 Å². The van der Waals surface area contributed by atoms with Crippen molar-refractivity contribution in [3.63, 3.8) is 0 Å². The number of benzene rings is 1. The number of amides is 4. The summed E-state index contributed by atoms with van der Waals surface area (Å²) in [6.45, 7) is -0.0343. The van der Waals surface area contributed by atoms with Crippen molar-refractivity contribution in [2.75, 3.05) is 11.9 Å². The average molecular weight is 474 g/mol. The molecule has 0 spiro atoms. The second-order valence-electron chi connectivity index (χ2n) is 8.50. The number of nitrogens with zero attached hydrogens (tertiary/aromatic N) is 2. The average Bonchev–Trinajstić information content (AvgIpc) is 3.44. The highest BCUT2D eigenvalue weighted by atomic mass is 35.5. The van der Waals surface area contributed by atoms with Gasteiger partial charge in [-0.05, 0) is 55.2 Å². The van der Waals surface area contributed by atoms with E-state index in [2.05, 4.69) is 5.32 Å². The van der Waals surface area contributed by atoms with Gasteiger partial charge in [-0.1, -0.05) is 24.4 Å². The highest BCUT2D eigenvalue weighted by Crippen LogP contribution is 2.50. The molecule has 3 fully saturated rings. The van der Waals surface area contributed by atoms with Crippen LogP contribution in [0.5, 0.6) is 0 Å². The van der Waals surface area contributed by atoms with Gasteiger partial charge in [-0.2, -0.15) is 0 Å². The van der Waals surface area contributed by atoms with Crippen molar-refractivity contribution in [1.29, 1.82) is 0 Å². The highest BCUT2D eigenvalue weighted by Gasteiger charge is 2.57. The van der Waals surface area contributed by atoms with Gasteiger partial charge in [0.05, 0.1) is 18.8 Å². The summed E-state index contributed by atoms with van der Waals surface area (Å²) in [6, 6.07) is 9.62. The summed E-state index contributed by atoms with van der Waals surface area (Å²) in [5.41, 5.74) is 0.611. The largest absolute Gasteiger partial charge is 0.467 e. The molecule has 7 nitrogen and oxygen atoms in total. The van der Waals surface area contributed by atoms with E-state index in [9.17, 15) is 14.4 Å². The van der Waals surface area contributed by atoms with Crippen molar-refractivity contribution in [2.45, 2.75) is 48.8 Å². The van der Waals surface area contributed by atoms with Gasteiger partial charge in [0.1, 0.15) is 17.6 Å². The van der Waals surface area contributed by atoms with Gasteiger partial charge in [0.15, 0.2) is 0 Å². The summed E-state index contributed by atoms with van der Waals surface area (Å²) in [6.07, 6.45) is 5.78. The number of thioether (sulfide) groups is 1. The maximum Gasteiger partial charge on any atom is 0.327 e. The van der Waals surface area contributed by atoms with E-state index in [1.54, 1.807) is 53.1 Å². The molecule has 2 aliphatic heterocycles. The first-order valence-corrected chi connectivity index (χ1v) is 12.2. The Balaban J connectivity index is 1.40. The zero-order valence-corrected chi connectivity index (χ0v) is 19.0. The smallest absolute Gasteiger partial charge is 0.327 e. The minimum atomic E-state index is -0.425. The van der Waals surface area contributed by atoms with Gasteiger partial charge >= 0.3 is 6.03 Å². The number of halogens is 1. The van der Waals surface area contributed by atoms with Crippen LogP contribution in [0.4, 0.5) is 10.5 Å². The number of nitrogens with one attached hydrogen (secondary N) is 1. The monoisotopic (exact) mass is 473 g/mol. The fraction of sp³-hybridized carbons (Fsp3) is 0.435. The Morgan fingerprint density at radius 2 is 1.94 bits per heavy atom. The lowest BCUT2D eigenvalue weighted by Crippen LogP contribution is -2.64. The molecule has 0 radical (unpaired) electrons. The summed E-state index contributed by atoms with van der Waals surface area (Å²) in [5, 5.41) is 3.42. The molecule has 1 saturated carbocycles. The molecule has 32 heavy (non-hydrogen) atoms. The van der Waals surface area contributed by atoms with Crippen LogP contribution in [0, 0.1) is 5.92 Å². The maximum absolute atomic E-state index is 13.5. The Morgan fingerprint density at radius 1 is 1.16 bits per heavy atom. The summed E-state index contributed by atoms with van der Waals surface area (Å²) in [5.74, 6) is 0.304. The molecule has 2 saturated heterocycles. The van der Waals surface area contributed by atoms with Crippen LogP contribution >= 0.6 is 23.4 Å². The van der Waals surface area contributed by atoms with Crippen molar-refractivity contribution in [3.8, 4) is 0 Å². The number of carbonyl (C=O) groups is 3. The van der Waals surface area contributed by atoms with Gasteiger partial charge in [-0.3, -0.25) is 14.5 Å². The topological polar surface area (TPSA) is 82.9 Å². The Morgan fingerprint density at radius 3 is 2.69 bits per heavy atom. The fourth-order valence-corrected chi connectivity index (χ4v) is 7.13. The molecule has 4 atom stereocenters. The Hall–Kier alpha value is -2.45. The molecule has 1 aliphatic carbocycles. The van der Waals surface area contributed by atoms with Crippen molar-refractivity contribution in [1.82, 2.24) is 9.80 Å². The number of imide groups is 1. The number of urea groups is 1. The van der Waals surface area contributed by atoms with E-state index in [4.69, 9.17) is 16.0 Å². The van der Waals surface area contributed by atoms with E-state index in [-0.39, 0.29) is 42.1 Å². The number of anilines is 1. The zero-order chi connectivity index (χ0) is 22.2. The minimum absolute atomic E-state index is 0.0685. The summed E-state index contributed by atoms with van der Waals surface area (Å²) in [4.78, 5) is 42.6. The molecule has 9 heteroatoms. The van der Waals surface area contributed by atoms with E-state index in [0.29, 0.717) is 21.7 Å². The first-order chi connectivity index (χ1) is 15.5. The summed E-state index contributed by atoms with van der Waals surface area (Å²) >= 11 is 7.60. The SMILES string of the molecule is O=C(CN1C(=O)N(Cc2ccco2)C(=O)C2SC3CCCCC3C21)Nc1ccc(Cl)cc1. The lowest BCUT2D eigenvalue weighted by molar-refractivity contribution is -0.134. The molecule has 4 amide bonds. The molecule has 3 aliphatic rings. The summed E-state index contributed by atoms with van der Waals surface area (Å²) in [7, 11) is 0. The van der Waals surface area contributed by atoms with E-state index in [1.165, 1.54) is 11.2 Å². The van der Waals surface area contributed by atoms with Crippen LogP contribution in [0.2, 0.25) is 5.02 Å². The number of carbonyl (C=O) groups excluding carboxylic acids is 3. The van der Waals surface area contributed by atoms with Crippen molar-refractivity contribution >= 4 is 46.9 Å². The van der Waals surface area contributed by atoms with Crippen LogP contribution in [0.15, 0.2) is 47.1 Å². The summed E-state index contributed by atoms with van der Waals surface area (Å²) < 4.78 is 5.38. The van der Waals surface area contributed by atoms with Gasteiger partial charge in [-0.15, -0.1) is 11.8 Å². The van der Waals surface area contributed by atoms with E-state index >= 15 is 0 Å². The first kappa shape index (κ1) is 21.4. The Labute approximate surface area is 195 Å². The minimum Gasteiger partial charge on any atom is -0.467 e. The van der Waals surface area contributed by atoms with Crippen LogP contribution in [0.1, 0.15) is 31.4 Å². The van der Waals surface area contributed by atoms with E-state index in [0.717, 1.165) is 25.7 Å². The van der Waals surface area contributed by atoms with Gasteiger partial charge < -0.3 is 14.6 Å². The normalized spacial score (nSPS) is 27.3. The molecule has 0 bridgehead atoms. The molecule has 1 N–H and O–H groups in total. The predicted octanol–water partition coefficient (Wildman–Crippen LogP) is 4.38. The molecule has 2 aromatic rings. The highest BCUT2D eigenvalue weighted by molar-refractivity contribution is 8.01. The van der Waals surface area contributed by atoms with Gasteiger partial charge in [0.2, 0.25) is 11.8 Å². The van der Waals surface area contributed by atoms with Crippen LogP contribution in [0.3, 0.4) is 0 Å². The molecule has 1 aromatic heterocycles. The first-order valence-electron chi connectivity index (χ1n) is 10.9. The third kappa shape index (κ3) is 4.01. The van der Waals surface area contributed by atoms with Crippen molar-refractivity contribution in [3.05, 3.63) is 53.4 Å². The molecular weight excluding hydrogens is 450 g/mol. The van der Waals surface area contributed by atoms with Crippen LogP contribution in [-0.4, -0.2) is 50.7 Å². The molecule has 3 heterocycles. The lowest BCUT2D eigenvalue weighted by atomic mass is 9.81. The van der Waals surface area contributed by atoms with E-state index in [1.807, 2.05) is 0 Å². The quantitative estimate of drug-likeness (QED) is 0.696. The van der Waals surface area contributed by atoms with Crippen molar-refractivity contribution < 1.29 is 18.8 Å². The lowest BCUT2D eigenvalue weighted by Gasteiger charge is -2.43. The standard InChI is InChI=1S/C23H24ClN3O4S/c24-14-7-9-15(10-8-14)25-19(28)13-26-20-17-5-1-2-6-18(17)32-21(20)22(29)27(23(26)30)12-16-4-3-11-31-16/h3-4,7-11,17-18,20-21H,1-2,5-6,12-13H2,(H,25,28).